The Kier molecular flexibility index (Phi) is 3.43. The Morgan fingerprint density at radius 3 is 2.76 bits per heavy atom. The second kappa shape index (κ2) is 4.69. The summed E-state index contributed by atoms with van der Waals surface area (Å²) in [6, 6.07) is 5.93. The molecule has 1 aliphatic heterocycles. The van der Waals surface area contributed by atoms with Gasteiger partial charge in [-0.3, -0.25) is 0 Å². The van der Waals surface area contributed by atoms with E-state index in [1.807, 2.05) is 23.9 Å². The van der Waals surface area contributed by atoms with Gasteiger partial charge < -0.3 is 15.4 Å². The molecule has 0 aliphatic carbocycles. The molecule has 1 aromatic rings. The monoisotopic (exact) mass is 252 g/mol. The van der Waals surface area contributed by atoms with Crippen molar-refractivity contribution in [3.63, 3.8) is 0 Å². The van der Waals surface area contributed by atoms with Crippen molar-refractivity contribution in [2.75, 3.05) is 36.6 Å². The molecule has 0 spiro atoms. The summed E-state index contributed by atoms with van der Waals surface area (Å²) >= 11 is 2.03. The van der Waals surface area contributed by atoms with Crippen LogP contribution in [0.15, 0.2) is 18.2 Å². The summed E-state index contributed by atoms with van der Waals surface area (Å²) in [7, 11) is 1.68. The molecular weight excluding hydrogens is 232 g/mol. The molecule has 1 aromatic carbocycles. The summed E-state index contributed by atoms with van der Waals surface area (Å²) < 4.78 is 5.57. The largest absolute Gasteiger partial charge is 0.497 e. The molecule has 4 heteroatoms. The average Bonchev–Trinajstić information content (AvgIpc) is 2.27. The normalized spacial score (nSPS) is 19.1. The smallest absolute Gasteiger partial charge is 0.122 e. The Bertz CT molecular complexity index is 406. The van der Waals surface area contributed by atoms with Crippen LogP contribution in [0, 0.1) is 0 Å². The van der Waals surface area contributed by atoms with Gasteiger partial charge in [0.2, 0.25) is 0 Å². The van der Waals surface area contributed by atoms with Crippen molar-refractivity contribution in [3.8, 4) is 5.75 Å². The Morgan fingerprint density at radius 2 is 2.12 bits per heavy atom. The molecule has 1 saturated heterocycles. The molecule has 1 fully saturated rings. The van der Waals surface area contributed by atoms with Gasteiger partial charge in [0, 0.05) is 47.1 Å². The number of nitrogen functional groups attached to an aromatic ring is 1. The molecule has 94 valence electrons. The van der Waals surface area contributed by atoms with Gasteiger partial charge in [0.15, 0.2) is 0 Å². The number of nitrogens with zero attached hydrogens (tertiary/aromatic N) is 1. The lowest BCUT2D eigenvalue weighted by Gasteiger charge is -2.39. The third kappa shape index (κ3) is 3.00. The van der Waals surface area contributed by atoms with Gasteiger partial charge in [0.25, 0.3) is 0 Å². The van der Waals surface area contributed by atoms with Crippen molar-refractivity contribution < 1.29 is 4.74 Å². The van der Waals surface area contributed by atoms with Gasteiger partial charge in [-0.25, -0.2) is 0 Å². The van der Waals surface area contributed by atoms with Gasteiger partial charge >= 0.3 is 0 Å². The SMILES string of the molecule is COc1cc(N)cc(N2CCSC(C)(C)C2)c1. The van der Waals surface area contributed by atoms with Gasteiger partial charge in [-0.1, -0.05) is 0 Å². The first kappa shape index (κ1) is 12.4. The van der Waals surface area contributed by atoms with Crippen LogP contribution >= 0.6 is 11.8 Å². The summed E-state index contributed by atoms with van der Waals surface area (Å²) in [5.74, 6) is 1.99. The summed E-state index contributed by atoms with van der Waals surface area (Å²) in [5, 5.41) is 0. The number of hydrogen-bond donors (Lipinski definition) is 1. The number of nitrogens with two attached hydrogens (primary N) is 1. The van der Waals surface area contributed by atoms with E-state index in [1.54, 1.807) is 7.11 Å². The van der Waals surface area contributed by atoms with Crippen LogP contribution in [0.2, 0.25) is 0 Å². The highest BCUT2D eigenvalue weighted by Gasteiger charge is 2.27. The molecule has 17 heavy (non-hydrogen) atoms. The molecule has 0 saturated carbocycles. The zero-order valence-corrected chi connectivity index (χ0v) is 11.5. The van der Waals surface area contributed by atoms with E-state index in [9.17, 15) is 0 Å². The first-order chi connectivity index (χ1) is 8.00. The topological polar surface area (TPSA) is 38.5 Å². The molecule has 1 aliphatic rings. The number of ether oxygens (including phenoxy) is 1. The van der Waals surface area contributed by atoms with E-state index in [4.69, 9.17) is 10.5 Å². The van der Waals surface area contributed by atoms with Crippen molar-refractivity contribution in [2.24, 2.45) is 0 Å². The Morgan fingerprint density at radius 1 is 1.35 bits per heavy atom. The van der Waals surface area contributed by atoms with E-state index >= 15 is 0 Å². The predicted molar refractivity (Wildman–Crippen MR) is 76.2 cm³/mol. The molecular formula is C13H20N2OS. The highest BCUT2D eigenvalue weighted by Crippen LogP contribution is 2.34. The molecule has 0 aromatic heterocycles. The minimum Gasteiger partial charge on any atom is -0.497 e. The Labute approximate surface area is 107 Å². The number of hydrogen-bond acceptors (Lipinski definition) is 4. The van der Waals surface area contributed by atoms with Gasteiger partial charge in [-0.2, -0.15) is 11.8 Å². The molecule has 0 unspecified atom stereocenters. The van der Waals surface area contributed by atoms with Crippen LogP contribution in [0.3, 0.4) is 0 Å². The fourth-order valence-electron chi connectivity index (χ4n) is 2.14. The van der Waals surface area contributed by atoms with E-state index in [-0.39, 0.29) is 0 Å². The zero-order chi connectivity index (χ0) is 12.5. The van der Waals surface area contributed by atoms with Crippen LogP contribution in [-0.2, 0) is 0 Å². The van der Waals surface area contributed by atoms with Gasteiger partial charge in [-0.15, -0.1) is 0 Å². The van der Waals surface area contributed by atoms with Crippen molar-refractivity contribution >= 4 is 23.1 Å². The maximum absolute atomic E-state index is 5.90. The maximum Gasteiger partial charge on any atom is 0.122 e. The van der Waals surface area contributed by atoms with Crippen molar-refractivity contribution in [3.05, 3.63) is 18.2 Å². The number of anilines is 2. The number of thioether (sulfide) groups is 1. The highest BCUT2D eigenvalue weighted by atomic mass is 32.2. The molecule has 1 heterocycles. The fourth-order valence-corrected chi connectivity index (χ4v) is 3.25. The van der Waals surface area contributed by atoms with Crippen LogP contribution in [-0.4, -0.2) is 30.7 Å². The van der Waals surface area contributed by atoms with Gasteiger partial charge in [0.1, 0.15) is 5.75 Å². The summed E-state index contributed by atoms with van der Waals surface area (Å²) in [4.78, 5) is 2.38. The standard InChI is InChI=1S/C13H20N2OS/c1-13(2)9-15(4-5-17-13)11-6-10(14)7-12(8-11)16-3/h6-8H,4-5,9,14H2,1-3H3. The van der Waals surface area contributed by atoms with Crippen molar-refractivity contribution in [2.45, 2.75) is 18.6 Å². The molecule has 0 amide bonds. The second-order valence-corrected chi connectivity index (χ2v) is 6.80. The van der Waals surface area contributed by atoms with Crippen molar-refractivity contribution in [1.29, 1.82) is 0 Å². The quantitative estimate of drug-likeness (QED) is 0.821. The number of methoxy groups -OCH3 is 1. The van der Waals surface area contributed by atoms with Gasteiger partial charge in [-0.05, 0) is 19.9 Å². The first-order valence-corrected chi connectivity index (χ1v) is 6.82. The molecule has 0 radical (unpaired) electrons. The average molecular weight is 252 g/mol. The van der Waals surface area contributed by atoms with E-state index in [0.717, 1.165) is 36.0 Å². The predicted octanol–water partition coefficient (Wildman–Crippen LogP) is 2.61. The lowest BCUT2D eigenvalue weighted by molar-refractivity contribution is 0.415. The highest BCUT2D eigenvalue weighted by molar-refractivity contribution is 8.00. The number of rotatable bonds is 2. The Balaban J connectivity index is 2.24. The molecule has 2 rings (SSSR count). The Hall–Kier alpha value is -1.03. The van der Waals surface area contributed by atoms with E-state index in [2.05, 4.69) is 24.8 Å². The third-order valence-electron chi connectivity index (χ3n) is 2.94. The van der Waals surface area contributed by atoms with E-state index < -0.39 is 0 Å². The van der Waals surface area contributed by atoms with E-state index in [1.165, 1.54) is 0 Å². The minimum atomic E-state index is 0.302. The zero-order valence-electron chi connectivity index (χ0n) is 10.7. The lowest BCUT2D eigenvalue weighted by Crippen LogP contribution is -2.43. The third-order valence-corrected chi connectivity index (χ3v) is 4.24. The minimum absolute atomic E-state index is 0.302. The summed E-state index contributed by atoms with van der Waals surface area (Å²) in [6.07, 6.45) is 0. The second-order valence-electron chi connectivity index (χ2n) is 4.99. The van der Waals surface area contributed by atoms with Crippen LogP contribution in [0.25, 0.3) is 0 Å². The van der Waals surface area contributed by atoms with Crippen LogP contribution in [0.1, 0.15) is 13.8 Å². The lowest BCUT2D eigenvalue weighted by atomic mass is 10.1. The van der Waals surface area contributed by atoms with Gasteiger partial charge in [0.05, 0.1) is 7.11 Å². The fraction of sp³-hybridized carbons (Fsp3) is 0.538. The molecule has 0 bridgehead atoms. The summed E-state index contributed by atoms with van der Waals surface area (Å²) in [5.41, 5.74) is 7.82. The van der Waals surface area contributed by atoms with E-state index in [0.29, 0.717) is 4.75 Å². The number of benzene rings is 1. The molecule has 0 atom stereocenters. The summed E-state index contributed by atoms with van der Waals surface area (Å²) in [6.45, 7) is 6.69. The van der Waals surface area contributed by atoms with Crippen molar-refractivity contribution in [1.82, 2.24) is 0 Å². The van der Waals surface area contributed by atoms with Crippen LogP contribution in [0.4, 0.5) is 11.4 Å². The van der Waals surface area contributed by atoms with Crippen LogP contribution < -0.4 is 15.4 Å². The maximum atomic E-state index is 5.90. The molecule has 3 nitrogen and oxygen atoms in total. The first-order valence-electron chi connectivity index (χ1n) is 5.84. The molecule has 2 N–H and O–H groups in total. The van der Waals surface area contributed by atoms with Crippen LogP contribution in [0.5, 0.6) is 5.75 Å².